The van der Waals surface area contributed by atoms with Gasteiger partial charge in [0.25, 0.3) is 0 Å². The molecule has 0 unspecified atom stereocenters. The van der Waals surface area contributed by atoms with Crippen LogP contribution >= 0.6 is 11.6 Å². The quantitative estimate of drug-likeness (QED) is 0.601. The van der Waals surface area contributed by atoms with Crippen LogP contribution in [0, 0.1) is 0 Å². The van der Waals surface area contributed by atoms with Crippen LogP contribution in [0.2, 0.25) is 0 Å². The van der Waals surface area contributed by atoms with Gasteiger partial charge in [-0.15, -0.1) is 11.6 Å². The lowest BCUT2D eigenvalue weighted by atomic mass is 10.4. The number of aromatic nitrogens is 2. The van der Waals surface area contributed by atoms with Gasteiger partial charge in [-0.1, -0.05) is 0 Å². The van der Waals surface area contributed by atoms with Gasteiger partial charge in [0.2, 0.25) is 5.91 Å². The lowest BCUT2D eigenvalue weighted by Crippen LogP contribution is -2.14. The van der Waals surface area contributed by atoms with E-state index in [1.54, 1.807) is 0 Å². The summed E-state index contributed by atoms with van der Waals surface area (Å²) >= 11 is 5.27. The predicted octanol–water partition coefficient (Wildman–Crippen LogP) is 0.440. The minimum absolute atomic E-state index is 0.0707. The minimum Gasteiger partial charge on any atom is -0.464 e. The van der Waals surface area contributed by atoms with Gasteiger partial charge in [0.1, 0.15) is 5.88 Å². The van der Waals surface area contributed by atoms with Gasteiger partial charge in [0, 0.05) is 0 Å². The SMILES string of the molecule is COC(=O)c1cnc(NC(=O)CCl)cn1. The first-order valence-corrected chi connectivity index (χ1v) is 4.47. The largest absolute Gasteiger partial charge is 0.464 e. The van der Waals surface area contributed by atoms with Crippen LogP contribution in [0.25, 0.3) is 0 Å². The third kappa shape index (κ3) is 3.17. The lowest BCUT2D eigenvalue weighted by Gasteiger charge is -2.01. The summed E-state index contributed by atoms with van der Waals surface area (Å²) in [6.07, 6.45) is 2.45. The number of amides is 1. The van der Waals surface area contributed by atoms with E-state index >= 15 is 0 Å². The number of alkyl halides is 1. The van der Waals surface area contributed by atoms with E-state index in [0.717, 1.165) is 0 Å². The molecular weight excluding hydrogens is 222 g/mol. The zero-order valence-corrected chi connectivity index (χ0v) is 8.61. The average Bonchev–Trinajstić information content (AvgIpc) is 2.29. The van der Waals surface area contributed by atoms with E-state index in [1.165, 1.54) is 19.5 Å². The summed E-state index contributed by atoms with van der Waals surface area (Å²) in [6, 6.07) is 0. The number of anilines is 1. The van der Waals surface area contributed by atoms with Gasteiger partial charge in [-0.2, -0.15) is 0 Å². The lowest BCUT2D eigenvalue weighted by molar-refractivity contribution is -0.113. The van der Waals surface area contributed by atoms with Crippen LogP contribution in [0.1, 0.15) is 10.5 Å². The van der Waals surface area contributed by atoms with Crippen LogP contribution in [0.3, 0.4) is 0 Å². The third-order valence-electron chi connectivity index (χ3n) is 1.44. The van der Waals surface area contributed by atoms with Gasteiger partial charge in [0.05, 0.1) is 19.5 Å². The van der Waals surface area contributed by atoms with Gasteiger partial charge < -0.3 is 10.1 Å². The first-order valence-electron chi connectivity index (χ1n) is 3.93. The Kier molecular flexibility index (Phi) is 3.99. The molecule has 0 bridgehead atoms. The number of carbonyl (C=O) groups excluding carboxylic acids is 2. The molecule has 0 saturated carbocycles. The molecule has 0 aliphatic heterocycles. The fourth-order valence-electron chi connectivity index (χ4n) is 0.779. The number of methoxy groups -OCH3 is 1. The van der Waals surface area contributed by atoms with Crippen LogP contribution in [0.15, 0.2) is 12.4 Å². The zero-order valence-electron chi connectivity index (χ0n) is 7.86. The van der Waals surface area contributed by atoms with Gasteiger partial charge in [-0.3, -0.25) is 4.79 Å². The Balaban J connectivity index is 2.72. The molecule has 1 aromatic rings. The molecule has 1 aromatic heterocycles. The van der Waals surface area contributed by atoms with Crippen molar-refractivity contribution >= 4 is 29.3 Å². The van der Waals surface area contributed by atoms with Crippen LogP contribution in [0.4, 0.5) is 5.82 Å². The van der Waals surface area contributed by atoms with Crippen molar-refractivity contribution in [3.05, 3.63) is 18.1 Å². The van der Waals surface area contributed by atoms with E-state index in [0.29, 0.717) is 0 Å². The predicted molar refractivity (Wildman–Crippen MR) is 52.7 cm³/mol. The molecule has 1 N–H and O–H groups in total. The Morgan fingerprint density at radius 1 is 1.47 bits per heavy atom. The number of carbonyl (C=O) groups is 2. The molecule has 1 rings (SSSR count). The molecule has 0 saturated heterocycles. The average molecular weight is 230 g/mol. The fraction of sp³-hybridized carbons (Fsp3) is 0.250. The number of nitrogens with zero attached hydrogens (tertiary/aromatic N) is 2. The summed E-state index contributed by atoms with van der Waals surface area (Å²) in [5.74, 6) is -0.914. The molecule has 0 atom stereocenters. The van der Waals surface area contributed by atoms with Crippen LogP contribution in [-0.2, 0) is 9.53 Å². The van der Waals surface area contributed by atoms with E-state index in [1.807, 2.05) is 0 Å². The molecule has 7 heteroatoms. The molecular formula is C8H8ClN3O3. The van der Waals surface area contributed by atoms with E-state index in [2.05, 4.69) is 20.0 Å². The van der Waals surface area contributed by atoms with Crippen molar-refractivity contribution < 1.29 is 14.3 Å². The van der Waals surface area contributed by atoms with Crippen LogP contribution in [0.5, 0.6) is 0 Å². The van der Waals surface area contributed by atoms with Crippen molar-refractivity contribution in [2.24, 2.45) is 0 Å². The topological polar surface area (TPSA) is 81.2 Å². The Bertz CT molecular complexity index is 366. The highest BCUT2D eigenvalue weighted by Gasteiger charge is 2.08. The molecule has 0 fully saturated rings. The van der Waals surface area contributed by atoms with E-state index in [4.69, 9.17) is 11.6 Å². The van der Waals surface area contributed by atoms with Gasteiger partial charge in [-0.05, 0) is 0 Å². The zero-order chi connectivity index (χ0) is 11.3. The maximum absolute atomic E-state index is 11.0. The maximum atomic E-state index is 11.0. The van der Waals surface area contributed by atoms with E-state index in [-0.39, 0.29) is 17.4 Å². The summed E-state index contributed by atoms with van der Waals surface area (Å²) < 4.78 is 4.43. The Morgan fingerprint density at radius 3 is 2.67 bits per heavy atom. The normalized spacial score (nSPS) is 9.47. The van der Waals surface area contributed by atoms with Crippen LogP contribution < -0.4 is 5.32 Å². The monoisotopic (exact) mass is 229 g/mol. The summed E-state index contributed by atoms with van der Waals surface area (Å²) in [5, 5.41) is 2.38. The Labute approximate surface area is 90.6 Å². The molecule has 6 nitrogen and oxygen atoms in total. The van der Waals surface area contributed by atoms with Gasteiger partial charge in [-0.25, -0.2) is 14.8 Å². The summed E-state index contributed by atoms with van der Waals surface area (Å²) in [7, 11) is 1.24. The van der Waals surface area contributed by atoms with Crippen LogP contribution in [-0.4, -0.2) is 34.8 Å². The Morgan fingerprint density at radius 2 is 2.20 bits per heavy atom. The number of esters is 1. The molecule has 0 radical (unpaired) electrons. The minimum atomic E-state index is -0.585. The number of rotatable bonds is 3. The van der Waals surface area contributed by atoms with Crippen molar-refractivity contribution in [2.75, 3.05) is 18.3 Å². The molecule has 1 amide bonds. The third-order valence-corrected chi connectivity index (χ3v) is 1.68. The highest BCUT2D eigenvalue weighted by molar-refractivity contribution is 6.28. The molecule has 15 heavy (non-hydrogen) atoms. The first kappa shape index (κ1) is 11.4. The van der Waals surface area contributed by atoms with E-state index < -0.39 is 11.9 Å². The van der Waals surface area contributed by atoms with Crippen molar-refractivity contribution in [1.82, 2.24) is 9.97 Å². The van der Waals surface area contributed by atoms with Crippen molar-refractivity contribution in [3.63, 3.8) is 0 Å². The number of halogens is 1. The fourth-order valence-corrected chi connectivity index (χ4v) is 0.846. The summed E-state index contributed by atoms with van der Waals surface area (Å²) in [6.45, 7) is 0. The highest BCUT2D eigenvalue weighted by atomic mass is 35.5. The molecule has 1 heterocycles. The smallest absolute Gasteiger partial charge is 0.358 e. The molecule has 0 spiro atoms. The summed E-state index contributed by atoms with van der Waals surface area (Å²) in [5.41, 5.74) is 0.0707. The van der Waals surface area contributed by atoms with E-state index in [9.17, 15) is 9.59 Å². The molecule has 80 valence electrons. The van der Waals surface area contributed by atoms with Crippen molar-refractivity contribution in [2.45, 2.75) is 0 Å². The standard InChI is InChI=1S/C8H8ClN3O3/c1-15-8(14)5-3-11-6(4-10-5)12-7(13)2-9/h3-4H,2H2,1H3,(H,11,12,13). The van der Waals surface area contributed by atoms with Gasteiger partial charge >= 0.3 is 5.97 Å². The second kappa shape index (κ2) is 5.26. The number of hydrogen-bond acceptors (Lipinski definition) is 5. The highest BCUT2D eigenvalue weighted by Crippen LogP contribution is 2.02. The molecule has 0 aliphatic carbocycles. The van der Waals surface area contributed by atoms with Crippen molar-refractivity contribution in [3.8, 4) is 0 Å². The summed E-state index contributed by atoms with van der Waals surface area (Å²) in [4.78, 5) is 29.3. The van der Waals surface area contributed by atoms with Crippen molar-refractivity contribution in [1.29, 1.82) is 0 Å². The number of hydrogen-bond donors (Lipinski definition) is 1. The van der Waals surface area contributed by atoms with Gasteiger partial charge in [0.15, 0.2) is 11.5 Å². The Hall–Kier alpha value is -1.69. The number of ether oxygens (including phenoxy) is 1. The maximum Gasteiger partial charge on any atom is 0.358 e. The molecule has 0 aromatic carbocycles. The number of nitrogens with one attached hydrogen (secondary N) is 1. The first-order chi connectivity index (χ1) is 7.17. The second-order valence-corrected chi connectivity index (χ2v) is 2.73. The second-order valence-electron chi connectivity index (χ2n) is 2.46. The molecule has 0 aliphatic rings.